The van der Waals surface area contributed by atoms with Gasteiger partial charge < -0.3 is 15.5 Å². The van der Waals surface area contributed by atoms with E-state index in [1.165, 1.54) is 0 Å². The maximum atomic E-state index is 12.3. The summed E-state index contributed by atoms with van der Waals surface area (Å²) in [6.07, 6.45) is 4.07. The molecule has 0 aliphatic carbocycles. The number of amides is 1. The molecule has 0 bridgehead atoms. The molecule has 0 radical (unpaired) electrons. The van der Waals surface area contributed by atoms with E-state index in [0.717, 1.165) is 48.0 Å². The summed E-state index contributed by atoms with van der Waals surface area (Å²) in [4.78, 5) is 23.1. The van der Waals surface area contributed by atoms with Crippen molar-refractivity contribution in [3.05, 3.63) is 29.3 Å². The lowest BCUT2D eigenvalue weighted by Crippen LogP contribution is -2.41. The fourth-order valence-electron chi connectivity index (χ4n) is 3.28. The molecule has 3 rings (SSSR count). The Morgan fingerprint density at radius 1 is 1.40 bits per heavy atom. The van der Waals surface area contributed by atoms with E-state index < -0.39 is 0 Å². The van der Waals surface area contributed by atoms with Crippen molar-refractivity contribution in [2.45, 2.75) is 39.2 Å². The SMILES string of the molecule is CNc1cc(N2CCC[C@H]2CNC(=O)Cc2c(C)n[nH]c2C)ncn1. The number of carbonyl (C=O) groups is 1. The van der Waals surface area contributed by atoms with E-state index in [1.54, 1.807) is 6.33 Å². The largest absolute Gasteiger partial charge is 0.373 e. The van der Waals surface area contributed by atoms with Crippen molar-refractivity contribution in [2.24, 2.45) is 0 Å². The molecule has 25 heavy (non-hydrogen) atoms. The molecule has 0 unspecified atom stereocenters. The lowest BCUT2D eigenvalue weighted by atomic mass is 10.1. The molecule has 1 saturated heterocycles. The number of aromatic amines is 1. The fourth-order valence-corrected chi connectivity index (χ4v) is 3.28. The third kappa shape index (κ3) is 3.89. The van der Waals surface area contributed by atoms with Gasteiger partial charge >= 0.3 is 0 Å². The summed E-state index contributed by atoms with van der Waals surface area (Å²) in [6, 6.07) is 2.20. The van der Waals surface area contributed by atoms with Crippen LogP contribution in [0.25, 0.3) is 0 Å². The Morgan fingerprint density at radius 2 is 2.24 bits per heavy atom. The molecule has 8 heteroatoms. The van der Waals surface area contributed by atoms with E-state index in [0.29, 0.717) is 13.0 Å². The van der Waals surface area contributed by atoms with Gasteiger partial charge in [-0.3, -0.25) is 9.89 Å². The second kappa shape index (κ2) is 7.50. The van der Waals surface area contributed by atoms with Gasteiger partial charge in [0.2, 0.25) is 5.91 Å². The van der Waals surface area contributed by atoms with E-state index in [2.05, 4.69) is 35.7 Å². The topological polar surface area (TPSA) is 98.8 Å². The van der Waals surface area contributed by atoms with Crippen molar-refractivity contribution < 1.29 is 4.79 Å². The van der Waals surface area contributed by atoms with Crippen LogP contribution >= 0.6 is 0 Å². The van der Waals surface area contributed by atoms with Crippen molar-refractivity contribution >= 4 is 17.5 Å². The predicted octanol–water partition coefficient (Wildman–Crippen LogP) is 1.19. The minimum atomic E-state index is 0.0260. The summed E-state index contributed by atoms with van der Waals surface area (Å²) < 4.78 is 0. The van der Waals surface area contributed by atoms with Gasteiger partial charge in [0.05, 0.1) is 12.1 Å². The molecule has 0 aromatic carbocycles. The second-order valence-corrected chi connectivity index (χ2v) is 6.39. The van der Waals surface area contributed by atoms with Crippen molar-refractivity contribution in [2.75, 3.05) is 30.4 Å². The quantitative estimate of drug-likeness (QED) is 0.729. The molecular weight excluding hydrogens is 318 g/mol. The van der Waals surface area contributed by atoms with Crippen LogP contribution < -0.4 is 15.5 Å². The third-order valence-corrected chi connectivity index (χ3v) is 4.73. The minimum Gasteiger partial charge on any atom is -0.373 e. The monoisotopic (exact) mass is 343 g/mol. The van der Waals surface area contributed by atoms with Gasteiger partial charge in [0.15, 0.2) is 0 Å². The highest BCUT2D eigenvalue weighted by Crippen LogP contribution is 2.24. The van der Waals surface area contributed by atoms with Crippen molar-refractivity contribution in [3.8, 4) is 0 Å². The fraction of sp³-hybridized carbons (Fsp3) is 0.529. The average molecular weight is 343 g/mol. The van der Waals surface area contributed by atoms with Gasteiger partial charge in [-0.1, -0.05) is 0 Å². The normalized spacial score (nSPS) is 16.9. The van der Waals surface area contributed by atoms with Gasteiger partial charge in [-0.25, -0.2) is 9.97 Å². The number of hydrogen-bond acceptors (Lipinski definition) is 6. The summed E-state index contributed by atoms with van der Waals surface area (Å²) >= 11 is 0. The number of aryl methyl sites for hydroxylation is 2. The number of aromatic nitrogens is 4. The highest BCUT2D eigenvalue weighted by Gasteiger charge is 2.26. The first-order valence-corrected chi connectivity index (χ1v) is 8.62. The number of nitrogens with zero attached hydrogens (tertiary/aromatic N) is 4. The van der Waals surface area contributed by atoms with Gasteiger partial charge in [0.1, 0.15) is 18.0 Å². The van der Waals surface area contributed by atoms with Crippen LogP contribution in [0.1, 0.15) is 29.8 Å². The number of nitrogens with one attached hydrogen (secondary N) is 3. The highest BCUT2D eigenvalue weighted by molar-refractivity contribution is 5.79. The van der Waals surface area contributed by atoms with Crippen LogP contribution in [0.2, 0.25) is 0 Å². The highest BCUT2D eigenvalue weighted by atomic mass is 16.1. The Balaban J connectivity index is 1.59. The van der Waals surface area contributed by atoms with Crippen LogP contribution in [-0.4, -0.2) is 52.3 Å². The first-order valence-electron chi connectivity index (χ1n) is 8.62. The molecule has 8 nitrogen and oxygen atoms in total. The molecule has 134 valence electrons. The van der Waals surface area contributed by atoms with E-state index in [4.69, 9.17) is 0 Å². The van der Waals surface area contributed by atoms with Crippen LogP contribution in [-0.2, 0) is 11.2 Å². The van der Waals surface area contributed by atoms with Crippen LogP contribution in [0.15, 0.2) is 12.4 Å². The molecule has 3 N–H and O–H groups in total. The zero-order chi connectivity index (χ0) is 17.8. The third-order valence-electron chi connectivity index (χ3n) is 4.73. The Hall–Kier alpha value is -2.64. The number of rotatable bonds is 6. The van der Waals surface area contributed by atoms with Crippen molar-refractivity contribution in [1.29, 1.82) is 0 Å². The first kappa shape index (κ1) is 17.2. The van der Waals surface area contributed by atoms with Crippen LogP contribution in [0.4, 0.5) is 11.6 Å². The van der Waals surface area contributed by atoms with Crippen molar-refractivity contribution in [1.82, 2.24) is 25.5 Å². The summed E-state index contributed by atoms with van der Waals surface area (Å²) in [6.45, 7) is 5.42. The molecule has 1 fully saturated rings. The van der Waals surface area contributed by atoms with Gasteiger partial charge in [0.25, 0.3) is 0 Å². The Kier molecular flexibility index (Phi) is 5.16. The van der Waals surface area contributed by atoms with Gasteiger partial charge in [-0.2, -0.15) is 5.10 Å². The number of H-pyrrole nitrogens is 1. The molecule has 2 aromatic heterocycles. The van der Waals surface area contributed by atoms with E-state index in [1.807, 2.05) is 27.0 Å². The Labute approximate surface area is 147 Å². The molecule has 2 aromatic rings. The average Bonchev–Trinajstić information content (AvgIpc) is 3.22. The molecule has 1 amide bonds. The minimum absolute atomic E-state index is 0.0260. The summed E-state index contributed by atoms with van der Waals surface area (Å²) in [5.74, 6) is 1.72. The van der Waals surface area contributed by atoms with E-state index >= 15 is 0 Å². The van der Waals surface area contributed by atoms with E-state index in [9.17, 15) is 4.79 Å². The molecule has 1 aliphatic rings. The van der Waals surface area contributed by atoms with Crippen LogP contribution in [0.3, 0.4) is 0 Å². The summed E-state index contributed by atoms with van der Waals surface area (Å²) in [7, 11) is 1.84. The molecule has 3 heterocycles. The lowest BCUT2D eigenvalue weighted by molar-refractivity contribution is -0.120. The van der Waals surface area contributed by atoms with Crippen LogP contribution in [0, 0.1) is 13.8 Å². The maximum absolute atomic E-state index is 12.3. The number of anilines is 2. The molecule has 1 aliphatic heterocycles. The van der Waals surface area contributed by atoms with E-state index in [-0.39, 0.29) is 11.9 Å². The van der Waals surface area contributed by atoms with Gasteiger partial charge in [-0.05, 0) is 26.7 Å². The van der Waals surface area contributed by atoms with Crippen molar-refractivity contribution in [3.63, 3.8) is 0 Å². The van der Waals surface area contributed by atoms with Crippen LogP contribution in [0.5, 0.6) is 0 Å². The smallest absolute Gasteiger partial charge is 0.224 e. The summed E-state index contributed by atoms with van der Waals surface area (Å²) in [5.41, 5.74) is 2.82. The molecule has 0 saturated carbocycles. The molecular formula is C17H25N7O. The standard InChI is InChI=1S/C17H25N7O/c1-11-14(12(2)23-22-11)7-17(25)19-9-13-5-4-6-24(13)16-8-15(18-3)20-10-21-16/h8,10,13H,4-7,9H2,1-3H3,(H,19,25)(H,22,23)(H,18,20,21)/t13-/m0/s1. The number of hydrogen-bond donors (Lipinski definition) is 3. The molecule has 1 atom stereocenters. The predicted molar refractivity (Wildman–Crippen MR) is 96.7 cm³/mol. The number of carbonyl (C=O) groups excluding carboxylic acids is 1. The van der Waals surface area contributed by atoms with Gasteiger partial charge in [-0.15, -0.1) is 0 Å². The Bertz CT molecular complexity index is 723. The summed E-state index contributed by atoms with van der Waals surface area (Å²) in [5, 5.41) is 13.2. The zero-order valence-electron chi connectivity index (χ0n) is 15.0. The second-order valence-electron chi connectivity index (χ2n) is 6.39. The maximum Gasteiger partial charge on any atom is 0.224 e. The molecule has 0 spiro atoms. The van der Waals surface area contributed by atoms with Gasteiger partial charge in [0, 0.05) is 43.5 Å². The first-order chi connectivity index (χ1) is 12.1. The Morgan fingerprint density at radius 3 is 2.96 bits per heavy atom. The zero-order valence-corrected chi connectivity index (χ0v) is 15.0. The lowest BCUT2D eigenvalue weighted by Gasteiger charge is -2.26.